The summed E-state index contributed by atoms with van der Waals surface area (Å²) < 4.78 is 1.88. The van der Waals surface area contributed by atoms with Gasteiger partial charge >= 0.3 is 0 Å². The molecule has 0 atom stereocenters. The van der Waals surface area contributed by atoms with Gasteiger partial charge in [-0.3, -0.25) is 0 Å². The number of hydrogen-bond donors (Lipinski definition) is 1. The summed E-state index contributed by atoms with van der Waals surface area (Å²) in [6.07, 6.45) is 3.05. The zero-order chi connectivity index (χ0) is 14.7. The second-order valence-corrected chi connectivity index (χ2v) is 8.22. The minimum absolute atomic E-state index is 0.684. The molecule has 0 bridgehead atoms. The van der Waals surface area contributed by atoms with Crippen molar-refractivity contribution in [2.75, 3.05) is 18.1 Å². The third kappa shape index (κ3) is 3.47. The number of anilines is 1. The summed E-state index contributed by atoms with van der Waals surface area (Å²) in [5.74, 6) is 0.684. The maximum absolute atomic E-state index is 4.62. The molecule has 110 valence electrons. The lowest BCUT2D eigenvalue weighted by molar-refractivity contribution is 0.942. The largest absolute Gasteiger partial charge is 0.354 e. The molecule has 0 fully saturated rings. The van der Waals surface area contributed by atoms with Crippen LogP contribution in [0.2, 0.25) is 0 Å². The van der Waals surface area contributed by atoms with Crippen molar-refractivity contribution in [3.05, 3.63) is 11.4 Å². The SMILES string of the molecule is CCCNc1nc(Sc2nnc(SC)s2)c2ccsc2n1. The molecule has 1 N–H and O–H groups in total. The molecule has 0 amide bonds. The third-order valence-corrected chi connectivity index (χ3v) is 6.33. The van der Waals surface area contributed by atoms with Crippen molar-refractivity contribution < 1.29 is 0 Å². The fourth-order valence-corrected chi connectivity index (χ4v) is 4.91. The molecule has 3 heterocycles. The number of thiophene rings is 1. The van der Waals surface area contributed by atoms with E-state index in [2.05, 4.69) is 38.5 Å². The van der Waals surface area contributed by atoms with Gasteiger partial charge in [0.15, 0.2) is 8.68 Å². The summed E-state index contributed by atoms with van der Waals surface area (Å²) in [5, 5.41) is 15.6. The van der Waals surface area contributed by atoms with Crippen molar-refractivity contribution in [2.45, 2.75) is 27.0 Å². The van der Waals surface area contributed by atoms with E-state index in [0.29, 0.717) is 5.95 Å². The lowest BCUT2D eigenvalue weighted by Gasteiger charge is -2.05. The van der Waals surface area contributed by atoms with Crippen molar-refractivity contribution in [1.82, 2.24) is 20.2 Å². The second kappa shape index (κ2) is 6.91. The van der Waals surface area contributed by atoms with Crippen molar-refractivity contribution in [2.24, 2.45) is 0 Å². The molecule has 3 aromatic rings. The first-order chi connectivity index (χ1) is 10.3. The second-order valence-electron chi connectivity index (χ2n) is 4.06. The Labute approximate surface area is 139 Å². The highest BCUT2D eigenvalue weighted by molar-refractivity contribution is 8.03. The summed E-state index contributed by atoms with van der Waals surface area (Å²) in [6.45, 7) is 2.99. The quantitative estimate of drug-likeness (QED) is 0.524. The molecular weight excluding hydrogens is 342 g/mol. The molecule has 0 aliphatic rings. The van der Waals surface area contributed by atoms with Crippen molar-refractivity contribution in [3.63, 3.8) is 0 Å². The first-order valence-corrected chi connectivity index (χ1v) is 10.1. The summed E-state index contributed by atoms with van der Waals surface area (Å²) in [4.78, 5) is 10.2. The molecule has 3 aromatic heterocycles. The highest BCUT2D eigenvalue weighted by atomic mass is 32.2. The lowest BCUT2D eigenvalue weighted by Crippen LogP contribution is -2.04. The molecule has 9 heteroatoms. The summed E-state index contributed by atoms with van der Waals surface area (Å²) >= 11 is 6.38. The Balaban J connectivity index is 1.93. The van der Waals surface area contributed by atoms with Gasteiger partial charge in [-0.25, -0.2) is 9.97 Å². The molecular formula is C12H13N5S4. The zero-order valence-corrected chi connectivity index (χ0v) is 14.8. The number of hydrogen-bond acceptors (Lipinski definition) is 9. The summed E-state index contributed by atoms with van der Waals surface area (Å²) in [6, 6.07) is 2.06. The van der Waals surface area contributed by atoms with Crippen LogP contribution in [0.15, 0.2) is 25.2 Å². The maximum Gasteiger partial charge on any atom is 0.225 e. The first-order valence-electron chi connectivity index (χ1n) is 6.34. The molecule has 0 radical (unpaired) electrons. The van der Waals surface area contributed by atoms with Crippen molar-refractivity contribution in [1.29, 1.82) is 0 Å². The van der Waals surface area contributed by atoms with Crippen LogP contribution >= 0.6 is 46.2 Å². The Morgan fingerprint density at radius 2 is 2.10 bits per heavy atom. The Morgan fingerprint density at radius 3 is 2.86 bits per heavy atom. The van der Waals surface area contributed by atoms with Crippen LogP contribution in [0.1, 0.15) is 13.3 Å². The third-order valence-electron chi connectivity index (χ3n) is 2.57. The van der Waals surface area contributed by atoms with E-state index in [-0.39, 0.29) is 0 Å². The Morgan fingerprint density at radius 1 is 1.24 bits per heavy atom. The topological polar surface area (TPSA) is 63.6 Å². The normalized spacial score (nSPS) is 11.1. The standard InChI is InChI=1S/C12H13N5S4/c1-3-5-13-10-14-8-7(4-6-19-8)9(15-10)20-12-17-16-11(18-2)21-12/h4,6H,3,5H2,1-2H3,(H,13,14,15). The minimum atomic E-state index is 0.684. The maximum atomic E-state index is 4.62. The van der Waals surface area contributed by atoms with E-state index in [1.165, 1.54) is 0 Å². The number of fused-ring (bicyclic) bond motifs is 1. The van der Waals surface area contributed by atoms with E-state index in [9.17, 15) is 0 Å². The van der Waals surface area contributed by atoms with Crippen molar-refractivity contribution >= 4 is 62.4 Å². The average molecular weight is 356 g/mol. The lowest BCUT2D eigenvalue weighted by atomic mass is 10.4. The van der Waals surface area contributed by atoms with Gasteiger partial charge in [0.1, 0.15) is 9.86 Å². The van der Waals surface area contributed by atoms with Crippen LogP contribution in [0.25, 0.3) is 10.2 Å². The minimum Gasteiger partial charge on any atom is -0.354 e. The Bertz CT molecular complexity index is 738. The highest BCUT2D eigenvalue weighted by Gasteiger charge is 2.13. The number of rotatable bonds is 6. The van der Waals surface area contributed by atoms with E-state index in [1.807, 2.05) is 11.6 Å². The Kier molecular flexibility index (Phi) is 4.94. The van der Waals surface area contributed by atoms with E-state index in [4.69, 9.17) is 0 Å². The molecule has 0 unspecified atom stereocenters. The van der Waals surface area contributed by atoms with Gasteiger partial charge in [0.05, 0.1) is 0 Å². The van der Waals surface area contributed by atoms with Crippen LogP contribution < -0.4 is 5.32 Å². The molecule has 0 spiro atoms. The van der Waals surface area contributed by atoms with Gasteiger partial charge in [0.2, 0.25) is 5.95 Å². The molecule has 0 saturated carbocycles. The summed E-state index contributed by atoms with van der Waals surface area (Å²) in [7, 11) is 0. The van der Waals surface area contributed by atoms with Gasteiger partial charge in [0.25, 0.3) is 0 Å². The predicted molar refractivity (Wildman–Crippen MR) is 92.0 cm³/mol. The van der Waals surface area contributed by atoms with Crippen LogP contribution in [-0.4, -0.2) is 33.0 Å². The summed E-state index contributed by atoms with van der Waals surface area (Å²) in [5.41, 5.74) is 0. The molecule has 3 rings (SSSR count). The van der Waals surface area contributed by atoms with E-state index < -0.39 is 0 Å². The smallest absolute Gasteiger partial charge is 0.225 e. The molecule has 0 aliphatic heterocycles. The molecule has 21 heavy (non-hydrogen) atoms. The Hall–Kier alpha value is -0.900. The van der Waals surface area contributed by atoms with Gasteiger partial charge in [-0.15, -0.1) is 21.5 Å². The van der Waals surface area contributed by atoms with Crippen molar-refractivity contribution in [3.8, 4) is 0 Å². The number of aromatic nitrogens is 4. The number of nitrogens with one attached hydrogen (secondary N) is 1. The van der Waals surface area contributed by atoms with Crippen LogP contribution in [-0.2, 0) is 0 Å². The van der Waals surface area contributed by atoms with E-state index in [1.54, 1.807) is 46.2 Å². The molecule has 0 saturated heterocycles. The van der Waals surface area contributed by atoms with Gasteiger partial charge in [-0.05, 0) is 35.9 Å². The molecule has 0 aromatic carbocycles. The fourth-order valence-electron chi connectivity index (χ4n) is 1.63. The van der Waals surface area contributed by atoms with Gasteiger partial charge < -0.3 is 5.32 Å². The molecule has 0 aliphatic carbocycles. The highest BCUT2D eigenvalue weighted by Crippen LogP contribution is 2.36. The van der Waals surface area contributed by atoms with Gasteiger partial charge in [-0.1, -0.05) is 30.0 Å². The average Bonchev–Trinajstić information content (AvgIpc) is 3.13. The monoisotopic (exact) mass is 355 g/mol. The predicted octanol–water partition coefficient (Wildman–Crippen LogP) is 4.24. The number of thioether (sulfide) groups is 1. The van der Waals surface area contributed by atoms with Gasteiger partial charge in [-0.2, -0.15) is 0 Å². The van der Waals surface area contributed by atoms with Crippen LogP contribution in [0, 0.1) is 0 Å². The fraction of sp³-hybridized carbons (Fsp3) is 0.333. The van der Waals surface area contributed by atoms with Crippen LogP contribution in [0.4, 0.5) is 5.95 Å². The number of nitrogens with zero attached hydrogens (tertiary/aromatic N) is 4. The zero-order valence-electron chi connectivity index (χ0n) is 11.5. The van der Waals surface area contributed by atoms with Crippen LogP contribution in [0.5, 0.6) is 0 Å². The van der Waals surface area contributed by atoms with Crippen LogP contribution in [0.3, 0.4) is 0 Å². The van der Waals surface area contributed by atoms with E-state index in [0.717, 1.165) is 36.9 Å². The van der Waals surface area contributed by atoms with Gasteiger partial charge in [0, 0.05) is 11.9 Å². The van der Waals surface area contributed by atoms with E-state index >= 15 is 0 Å². The first kappa shape index (κ1) is 15.0. The molecule has 5 nitrogen and oxygen atoms in total.